The van der Waals surface area contributed by atoms with Gasteiger partial charge in [-0.1, -0.05) is 31.2 Å². The van der Waals surface area contributed by atoms with Crippen LogP contribution >= 0.6 is 11.6 Å². The lowest BCUT2D eigenvalue weighted by atomic mass is 10.2. The number of ether oxygens (including phenoxy) is 1. The number of hydrogen-bond donors (Lipinski definition) is 1. The first-order valence-corrected chi connectivity index (χ1v) is 13.3. The third-order valence-corrected chi connectivity index (χ3v) is 6.36. The van der Waals surface area contributed by atoms with Gasteiger partial charge in [-0.05, 0) is 24.2 Å². The number of hydrogen-bond acceptors (Lipinski definition) is 5. The maximum atomic E-state index is 12.6. The second-order valence-electron chi connectivity index (χ2n) is 7.97. The van der Waals surface area contributed by atoms with Crippen molar-refractivity contribution in [1.29, 1.82) is 0 Å². The van der Waals surface area contributed by atoms with Crippen molar-refractivity contribution in [3.8, 4) is 0 Å². The molecule has 2 aromatic heterocycles. The molecule has 0 spiro atoms. The fourth-order valence-corrected chi connectivity index (χ4v) is 3.78. The first kappa shape index (κ1) is 20.6. The van der Waals surface area contributed by atoms with E-state index < -0.39 is 8.07 Å². The van der Waals surface area contributed by atoms with Crippen LogP contribution in [0.25, 0.3) is 10.9 Å². The van der Waals surface area contributed by atoms with E-state index in [2.05, 4.69) is 34.9 Å². The first-order valence-electron chi connectivity index (χ1n) is 9.23. The summed E-state index contributed by atoms with van der Waals surface area (Å²) in [5, 5.41) is 4.36. The van der Waals surface area contributed by atoms with Crippen molar-refractivity contribution in [3.05, 3.63) is 51.9 Å². The zero-order chi connectivity index (χ0) is 20.3. The number of halogens is 1. The van der Waals surface area contributed by atoms with Crippen LogP contribution in [-0.2, 0) is 18.0 Å². The average molecular weight is 420 g/mol. The monoisotopic (exact) mass is 419 g/mol. The Morgan fingerprint density at radius 2 is 2.07 bits per heavy atom. The van der Waals surface area contributed by atoms with Gasteiger partial charge in [-0.25, -0.2) is 9.78 Å². The number of aromatic nitrogens is 4. The van der Waals surface area contributed by atoms with Gasteiger partial charge in [-0.3, -0.25) is 4.57 Å². The highest BCUT2D eigenvalue weighted by atomic mass is 35.5. The molecule has 0 bridgehead atoms. The summed E-state index contributed by atoms with van der Waals surface area (Å²) in [4.78, 5) is 21.1. The van der Waals surface area contributed by atoms with Gasteiger partial charge < -0.3 is 14.6 Å². The van der Waals surface area contributed by atoms with Crippen molar-refractivity contribution in [1.82, 2.24) is 19.1 Å². The third kappa shape index (κ3) is 5.01. The lowest BCUT2D eigenvalue weighted by molar-refractivity contribution is 0.0871. The van der Waals surface area contributed by atoms with Crippen molar-refractivity contribution >= 4 is 36.4 Å². The average Bonchev–Trinajstić information content (AvgIpc) is 3.07. The van der Waals surface area contributed by atoms with E-state index >= 15 is 0 Å². The molecule has 0 amide bonds. The molecule has 3 aromatic rings. The quantitative estimate of drug-likeness (QED) is 0.445. The summed E-state index contributed by atoms with van der Waals surface area (Å²) >= 11 is 6.16. The molecule has 150 valence electrons. The molecule has 0 radical (unpaired) electrons. The van der Waals surface area contributed by atoms with E-state index in [0.717, 1.165) is 29.2 Å². The Kier molecular flexibility index (Phi) is 6.22. The van der Waals surface area contributed by atoms with Crippen LogP contribution in [-0.4, -0.2) is 40.8 Å². The van der Waals surface area contributed by atoms with Crippen LogP contribution in [0.2, 0.25) is 30.7 Å². The number of imidazole rings is 1. The maximum Gasteiger partial charge on any atom is 0.350 e. The van der Waals surface area contributed by atoms with Gasteiger partial charge in [0.25, 0.3) is 0 Å². The summed E-state index contributed by atoms with van der Waals surface area (Å²) in [6.07, 6.45) is 3.61. The van der Waals surface area contributed by atoms with Crippen LogP contribution in [0.1, 0.15) is 5.69 Å². The Bertz CT molecular complexity index is 1030. The Morgan fingerprint density at radius 1 is 1.29 bits per heavy atom. The second-order valence-corrected chi connectivity index (χ2v) is 14.0. The summed E-state index contributed by atoms with van der Waals surface area (Å²) in [5.74, 6) is 0.536. The number of anilines is 1. The van der Waals surface area contributed by atoms with Gasteiger partial charge in [0, 0.05) is 38.3 Å². The van der Waals surface area contributed by atoms with Crippen LogP contribution in [0.15, 0.2) is 35.5 Å². The Labute approximate surface area is 170 Å². The Balaban J connectivity index is 1.78. The first-order chi connectivity index (χ1) is 13.3. The lowest BCUT2D eigenvalue weighted by Gasteiger charge is -2.15. The lowest BCUT2D eigenvalue weighted by Crippen LogP contribution is -2.25. The highest BCUT2D eigenvalue weighted by Crippen LogP contribution is 2.23. The molecule has 0 aliphatic carbocycles. The fraction of sp³-hybridized carbons (Fsp3) is 0.421. The predicted octanol–water partition coefficient (Wildman–Crippen LogP) is 3.65. The molecule has 2 heterocycles. The van der Waals surface area contributed by atoms with Gasteiger partial charge in [-0.15, -0.1) is 0 Å². The van der Waals surface area contributed by atoms with E-state index in [1.165, 1.54) is 0 Å². The topological polar surface area (TPSA) is 74.0 Å². The molecule has 0 aliphatic heterocycles. The van der Waals surface area contributed by atoms with Gasteiger partial charge in [-0.2, -0.15) is 4.98 Å². The molecule has 28 heavy (non-hydrogen) atoms. The molecular formula is C19H26ClN5O2Si. The zero-order valence-corrected chi connectivity index (χ0v) is 18.5. The number of fused-ring (bicyclic) bond motifs is 1. The van der Waals surface area contributed by atoms with Gasteiger partial charge in [0.1, 0.15) is 12.5 Å². The van der Waals surface area contributed by atoms with E-state index in [9.17, 15) is 4.79 Å². The largest absolute Gasteiger partial charge is 0.372 e. The second kappa shape index (κ2) is 8.46. The van der Waals surface area contributed by atoms with Crippen molar-refractivity contribution < 1.29 is 4.74 Å². The highest BCUT2D eigenvalue weighted by molar-refractivity contribution is 6.76. The van der Waals surface area contributed by atoms with Crippen molar-refractivity contribution in [3.63, 3.8) is 0 Å². The molecule has 9 heteroatoms. The van der Waals surface area contributed by atoms with Crippen LogP contribution in [0.4, 0.5) is 5.82 Å². The van der Waals surface area contributed by atoms with Gasteiger partial charge in [0.2, 0.25) is 0 Å². The van der Waals surface area contributed by atoms with Crippen molar-refractivity contribution in [2.24, 2.45) is 0 Å². The minimum Gasteiger partial charge on any atom is -0.372 e. The van der Waals surface area contributed by atoms with Crippen LogP contribution in [0, 0.1) is 0 Å². The molecule has 0 aliphatic rings. The summed E-state index contributed by atoms with van der Waals surface area (Å²) in [7, 11) is 0.643. The molecular weight excluding hydrogens is 394 g/mol. The molecule has 0 atom stereocenters. The number of nitrogens with zero attached hydrogens (tertiary/aromatic N) is 4. The fourth-order valence-electron chi connectivity index (χ4n) is 2.86. The summed E-state index contributed by atoms with van der Waals surface area (Å²) in [6.45, 7) is 8.50. The normalized spacial score (nSPS) is 11.9. The van der Waals surface area contributed by atoms with E-state index in [-0.39, 0.29) is 5.69 Å². The molecule has 0 saturated carbocycles. The Morgan fingerprint density at radius 3 is 2.79 bits per heavy atom. The van der Waals surface area contributed by atoms with Crippen molar-refractivity contribution in [2.75, 3.05) is 19.0 Å². The van der Waals surface area contributed by atoms with Crippen molar-refractivity contribution in [2.45, 2.75) is 39.0 Å². The number of nitrogens with one attached hydrogen (secondary N) is 1. The van der Waals surface area contributed by atoms with E-state index in [1.807, 2.05) is 16.8 Å². The highest BCUT2D eigenvalue weighted by Gasteiger charge is 2.13. The van der Waals surface area contributed by atoms with Crippen LogP contribution in [0.5, 0.6) is 0 Å². The standard InChI is InChI=1S/C19H26ClN5O2Si/c1-21-18-16-6-5-14(20)9-17(16)25(19(26)23-18)11-15-10-24(12-22-15)13-27-7-8-28(2,3)4/h5-6,9-10,12H,7-8,11,13H2,1-4H3,(H,21,23,26). The molecule has 0 unspecified atom stereocenters. The minimum absolute atomic E-state index is 0.314. The van der Waals surface area contributed by atoms with E-state index in [1.54, 1.807) is 30.1 Å². The van der Waals surface area contributed by atoms with Crippen LogP contribution < -0.4 is 11.0 Å². The van der Waals surface area contributed by atoms with E-state index in [0.29, 0.717) is 24.1 Å². The Hall–Kier alpha value is -2.16. The molecule has 0 saturated heterocycles. The zero-order valence-electron chi connectivity index (χ0n) is 16.7. The molecule has 1 aromatic carbocycles. The molecule has 3 rings (SSSR count). The number of benzene rings is 1. The molecule has 0 fully saturated rings. The SMILES string of the molecule is CNc1nc(=O)n(Cc2cn(COCC[Si](C)(C)C)cn2)c2cc(Cl)ccc12. The van der Waals surface area contributed by atoms with Crippen LogP contribution in [0.3, 0.4) is 0 Å². The van der Waals surface area contributed by atoms with Gasteiger partial charge >= 0.3 is 5.69 Å². The van der Waals surface area contributed by atoms with E-state index in [4.69, 9.17) is 16.3 Å². The molecule has 7 nitrogen and oxygen atoms in total. The van der Waals surface area contributed by atoms with Gasteiger partial charge in [0.15, 0.2) is 0 Å². The summed E-state index contributed by atoms with van der Waals surface area (Å²) < 4.78 is 9.22. The minimum atomic E-state index is -1.10. The predicted molar refractivity (Wildman–Crippen MR) is 116 cm³/mol. The maximum absolute atomic E-state index is 12.6. The summed E-state index contributed by atoms with van der Waals surface area (Å²) in [5.41, 5.74) is 1.13. The summed E-state index contributed by atoms with van der Waals surface area (Å²) in [6, 6.07) is 6.54. The number of rotatable bonds is 8. The smallest absolute Gasteiger partial charge is 0.350 e. The molecule has 1 N–H and O–H groups in total. The third-order valence-electron chi connectivity index (χ3n) is 4.42. The van der Waals surface area contributed by atoms with Gasteiger partial charge in [0.05, 0.1) is 24.1 Å².